The van der Waals surface area contributed by atoms with Gasteiger partial charge in [-0.2, -0.15) is 0 Å². The largest absolute Gasteiger partial charge is 0.473 e. The zero-order chi connectivity index (χ0) is 15.9. The summed E-state index contributed by atoms with van der Waals surface area (Å²) >= 11 is 12.5. The number of carbonyl (C=O) groups excluding carboxylic acids is 1. The molecule has 2 saturated heterocycles. The number of aliphatic carboxylic acids is 1. The first kappa shape index (κ1) is 15.6. The van der Waals surface area contributed by atoms with Gasteiger partial charge in [-0.15, -0.1) is 5.06 Å². The average molecular weight is 345 g/mol. The lowest BCUT2D eigenvalue weighted by atomic mass is 9.97. The van der Waals surface area contributed by atoms with E-state index < -0.39 is 11.9 Å². The standard InChI is InChI=1S/C14H14Cl2N2O4/c15-9-2-1-3-10(16)12(9)8-6-11-17(7-8)4-5-18(11)22-14(21)13(19)20/h1-3,8,11H,4-7H2,(H,19,20). The van der Waals surface area contributed by atoms with E-state index in [1.807, 2.05) is 0 Å². The Hall–Kier alpha value is -1.34. The molecule has 0 aromatic heterocycles. The van der Waals surface area contributed by atoms with Crippen LogP contribution in [0.15, 0.2) is 18.2 Å². The molecule has 1 N–H and O–H groups in total. The van der Waals surface area contributed by atoms with Gasteiger partial charge < -0.3 is 9.94 Å². The van der Waals surface area contributed by atoms with E-state index >= 15 is 0 Å². The summed E-state index contributed by atoms with van der Waals surface area (Å²) in [5.41, 5.74) is 0.893. The first-order valence-electron chi connectivity index (χ1n) is 6.87. The molecule has 6 nitrogen and oxygen atoms in total. The summed E-state index contributed by atoms with van der Waals surface area (Å²) in [6.07, 6.45) is 0.539. The van der Waals surface area contributed by atoms with Crippen LogP contribution < -0.4 is 0 Å². The van der Waals surface area contributed by atoms with E-state index in [-0.39, 0.29) is 12.1 Å². The molecule has 0 spiro atoms. The van der Waals surface area contributed by atoms with E-state index in [2.05, 4.69) is 4.90 Å². The molecule has 118 valence electrons. The number of nitrogens with zero attached hydrogens (tertiary/aromatic N) is 2. The molecule has 0 bridgehead atoms. The second-order valence-corrected chi connectivity index (χ2v) is 6.18. The smallest absolute Gasteiger partial charge is 0.436 e. The van der Waals surface area contributed by atoms with Crippen molar-refractivity contribution in [2.75, 3.05) is 19.6 Å². The van der Waals surface area contributed by atoms with E-state index in [4.69, 9.17) is 33.1 Å². The maximum absolute atomic E-state index is 11.2. The predicted octanol–water partition coefficient (Wildman–Crippen LogP) is 1.97. The molecule has 2 atom stereocenters. The lowest BCUT2D eigenvalue weighted by Gasteiger charge is -2.21. The normalized spacial score (nSPS) is 25.2. The number of benzene rings is 1. The van der Waals surface area contributed by atoms with Crippen molar-refractivity contribution in [3.05, 3.63) is 33.8 Å². The predicted molar refractivity (Wildman–Crippen MR) is 79.6 cm³/mol. The minimum Gasteiger partial charge on any atom is -0.473 e. The van der Waals surface area contributed by atoms with Crippen LogP contribution in [0.5, 0.6) is 0 Å². The fourth-order valence-corrected chi connectivity index (χ4v) is 3.87. The van der Waals surface area contributed by atoms with Gasteiger partial charge in [0.25, 0.3) is 0 Å². The molecule has 1 aromatic carbocycles. The van der Waals surface area contributed by atoms with Crippen molar-refractivity contribution in [2.45, 2.75) is 18.5 Å². The first-order valence-corrected chi connectivity index (χ1v) is 7.62. The maximum atomic E-state index is 11.2. The number of hydrogen-bond acceptors (Lipinski definition) is 5. The number of halogens is 2. The van der Waals surface area contributed by atoms with E-state index in [9.17, 15) is 9.59 Å². The molecule has 22 heavy (non-hydrogen) atoms. The van der Waals surface area contributed by atoms with Gasteiger partial charge in [-0.3, -0.25) is 4.90 Å². The quantitative estimate of drug-likeness (QED) is 0.827. The van der Waals surface area contributed by atoms with Gasteiger partial charge in [0.05, 0.1) is 6.17 Å². The third-order valence-corrected chi connectivity index (χ3v) is 4.75. The molecule has 0 saturated carbocycles. The van der Waals surface area contributed by atoms with Crippen LogP contribution in [0.1, 0.15) is 17.9 Å². The van der Waals surface area contributed by atoms with Gasteiger partial charge in [0.15, 0.2) is 0 Å². The van der Waals surface area contributed by atoms with Gasteiger partial charge in [-0.1, -0.05) is 29.3 Å². The molecule has 0 aliphatic carbocycles. The van der Waals surface area contributed by atoms with Gasteiger partial charge in [0.1, 0.15) is 0 Å². The topological polar surface area (TPSA) is 70.1 Å². The third-order valence-electron chi connectivity index (χ3n) is 4.09. The molecule has 0 radical (unpaired) electrons. The monoisotopic (exact) mass is 344 g/mol. The molecule has 1 aromatic rings. The SMILES string of the molecule is O=C(O)C(=O)ON1CCN2CC(c3c(Cl)cccc3Cl)CC21. The molecule has 2 aliphatic heterocycles. The van der Waals surface area contributed by atoms with Gasteiger partial charge in [-0.25, -0.2) is 9.59 Å². The fourth-order valence-electron chi connectivity index (χ4n) is 3.16. The summed E-state index contributed by atoms with van der Waals surface area (Å²) in [6, 6.07) is 5.40. The second-order valence-electron chi connectivity index (χ2n) is 5.37. The maximum Gasteiger partial charge on any atom is 0.436 e. The van der Waals surface area contributed by atoms with E-state index in [0.717, 1.165) is 12.1 Å². The number of rotatable bonds is 2. The lowest BCUT2D eigenvalue weighted by molar-refractivity contribution is -0.204. The zero-order valence-corrected chi connectivity index (χ0v) is 13.0. The van der Waals surface area contributed by atoms with Crippen LogP contribution in [0.25, 0.3) is 0 Å². The van der Waals surface area contributed by atoms with E-state index in [1.165, 1.54) is 5.06 Å². The van der Waals surface area contributed by atoms with E-state index in [0.29, 0.717) is 29.6 Å². The molecule has 0 amide bonds. The molecule has 2 heterocycles. The molecule has 2 aliphatic rings. The van der Waals surface area contributed by atoms with Crippen molar-refractivity contribution in [3.63, 3.8) is 0 Å². The van der Waals surface area contributed by atoms with Gasteiger partial charge in [0.2, 0.25) is 0 Å². The highest BCUT2D eigenvalue weighted by Gasteiger charge is 2.44. The van der Waals surface area contributed by atoms with E-state index in [1.54, 1.807) is 18.2 Å². The number of fused-ring (bicyclic) bond motifs is 1. The van der Waals surface area contributed by atoms with Crippen LogP contribution in [0.4, 0.5) is 0 Å². The van der Waals surface area contributed by atoms with Crippen LogP contribution in [-0.4, -0.2) is 52.8 Å². The number of carboxylic acids is 1. The Morgan fingerprint density at radius 2 is 1.91 bits per heavy atom. The number of hydroxylamine groups is 2. The highest BCUT2D eigenvalue weighted by molar-refractivity contribution is 6.36. The van der Waals surface area contributed by atoms with Gasteiger partial charge >= 0.3 is 11.9 Å². The minimum atomic E-state index is -1.60. The summed E-state index contributed by atoms with van der Waals surface area (Å²) in [4.78, 5) is 28.9. The van der Waals surface area contributed by atoms with Crippen molar-refractivity contribution >= 4 is 35.1 Å². The average Bonchev–Trinajstić information content (AvgIpc) is 3.00. The van der Waals surface area contributed by atoms with Gasteiger partial charge in [0, 0.05) is 35.6 Å². The van der Waals surface area contributed by atoms with Crippen molar-refractivity contribution in [1.82, 2.24) is 9.96 Å². The third kappa shape index (κ3) is 2.79. The molecule has 2 fully saturated rings. The summed E-state index contributed by atoms with van der Waals surface area (Å²) in [5, 5.41) is 11.3. The summed E-state index contributed by atoms with van der Waals surface area (Å²) in [5.74, 6) is -2.74. The Morgan fingerprint density at radius 3 is 2.55 bits per heavy atom. The van der Waals surface area contributed by atoms with Gasteiger partial charge in [-0.05, 0) is 24.1 Å². The van der Waals surface area contributed by atoms with Crippen LogP contribution in [0.2, 0.25) is 10.0 Å². The van der Waals surface area contributed by atoms with Crippen LogP contribution in [-0.2, 0) is 14.4 Å². The Kier molecular flexibility index (Phi) is 4.27. The van der Waals surface area contributed by atoms with Crippen molar-refractivity contribution in [2.24, 2.45) is 0 Å². The number of carboxylic acid groups (broad SMARTS) is 1. The molecule has 2 unspecified atom stereocenters. The van der Waals surface area contributed by atoms with Crippen LogP contribution in [0.3, 0.4) is 0 Å². The molecule has 8 heteroatoms. The van der Waals surface area contributed by atoms with Crippen LogP contribution in [0, 0.1) is 0 Å². The lowest BCUT2D eigenvalue weighted by Crippen LogP contribution is -2.37. The Balaban J connectivity index is 1.74. The number of hydrogen-bond donors (Lipinski definition) is 1. The summed E-state index contributed by atoms with van der Waals surface area (Å²) < 4.78 is 0. The molecular weight excluding hydrogens is 331 g/mol. The Labute approximate surface area is 137 Å². The summed E-state index contributed by atoms with van der Waals surface area (Å²) in [7, 11) is 0. The molecule has 3 rings (SSSR count). The Morgan fingerprint density at radius 1 is 1.23 bits per heavy atom. The zero-order valence-electron chi connectivity index (χ0n) is 11.5. The Bertz CT molecular complexity index is 605. The van der Waals surface area contributed by atoms with Crippen molar-refractivity contribution in [1.29, 1.82) is 0 Å². The highest BCUT2D eigenvalue weighted by Crippen LogP contribution is 2.41. The second kappa shape index (κ2) is 6.04. The van der Waals surface area contributed by atoms with Crippen molar-refractivity contribution < 1.29 is 19.5 Å². The minimum absolute atomic E-state index is 0.123. The summed E-state index contributed by atoms with van der Waals surface area (Å²) in [6.45, 7) is 1.94. The molecular formula is C14H14Cl2N2O4. The van der Waals surface area contributed by atoms with Crippen molar-refractivity contribution in [3.8, 4) is 0 Å². The van der Waals surface area contributed by atoms with Crippen LogP contribution >= 0.6 is 23.2 Å². The number of carbonyl (C=O) groups is 2. The highest BCUT2D eigenvalue weighted by atomic mass is 35.5. The fraction of sp³-hybridized carbons (Fsp3) is 0.429. The first-order chi connectivity index (χ1) is 10.5.